The number of aromatic nitrogens is 3. The summed E-state index contributed by atoms with van der Waals surface area (Å²) in [6.07, 6.45) is 2.70. The first-order chi connectivity index (χ1) is 9.58. The summed E-state index contributed by atoms with van der Waals surface area (Å²) in [5.41, 5.74) is 2.57. The second-order valence-corrected chi connectivity index (χ2v) is 6.11. The maximum atomic E-state index is 4.17. The van der Waals surface area contributed by atoms with Crippen LogP contribution >= 0.6 is 15.9 Å². The highest BCUT2D eigenvalue weighted by Crippen LogP contribution is 2.16. The van der Waals surface area contributed by atoms with Gasteiger partial charge >= 0.3 is 0 Å². The van der Waals surface area contributed by atoms with Gasteiger partial charge in [-0.1, -0.05) is 28.1 Å². The van der Waals surface area contributed by atoms with Gasteiger partial charge in [0, 0.05) is 30.0 Å². The zero-order valence-electron chi connectivity index (χ0n) is 12.2. The van der Waals surface area contributed by atoms with Gasteiger partial charge in [0.1, 0.15) is 12.2 Å². The summed E-state index contributed by atoms with van der Waals surface area (Å²) in [6, 6.07) is 6.85. The third kappa shape index (κ3) is 3.90. The van der Waals surface area contributed by atoms with Gasteiger partial charge < -0.3 is 9.88 Å². The first-order valence-electron chi connectivity index (χ1n) is 6.92. The normalized spacial score (nSPS) is 11.2. The van der Waals surface area contributed by atoms with Crippen LogP contribution in [0.1, 0.15) is 36.8 Å². The Morgan fingerprint density at radius 2 is 2.15 bits per heavy atom. The van der Waals surface area contributed by atoms with Crippen molar-refractivity contribution in [2.45, 2.75) is 39.8 Å². The third-order valence-corrected chi connectivity index (χ3v) is 4.17. The van der Waals surface area contributed by atoms with Crippen molar-refractivity contribution in [2.75, 3.05) is 6.54 Å². The largest absolute Gasteiger partial charge is 0.315 e. The average molecular weight is 337 g/mol. The van der Waals surface area contributed by atoms with E-state index in [0.29, 0.717) is 6.04 Å². The van der Waals surface area contributed by atoms with Crippen LogP contribution in [0.2, 0.25) is 0 Å². The van der Waals surface area contributed by atoms with Gasteiger partial charge in [-0.2, -0.15) is 0 Å². The minimum Gasteiger partial charge on any atom is -0.315 e. The van der Waals surface area contributed by atoms with Crippen LogP contribution in [0.3, 0.4) is 0 Å². The predicted molar refractivity (Wildman–Crippen MR) is 84.7 cm³/mol. The van der Waals surface area contributed by atoms with Crippen molar-refractivity contribution >= 4 is 15.9 Å². The topological polar surface area (TPSA) is 42.7 Å². The molecule has 0 aliphatic carbocycles. The lowest BCUT2D eigenvalue weighted by Gasteiger charge is -2.10. The molecule has 0 amide bonds. The smallest absolute Gasteiger partial charge is 0.134 e. The quantitative estimate of drug-likeness (QED) is 0.823. The highest BCUT2D eigenvalue weighted by atomic mass is 79.9. The summed E-state index contributed by atoms with van der Waals surface area (Å²) in [6.45, 7) is 8.18. The molecule has 1 heterocycles. The van der Waals surface area contributed by atoms with Crippen molar-refractivity contribution in [3.63, 3.8) is 0 Å². The Balaban J connectivity index is 1.81. The number of hydrogen-bond acceptors (Lipinski definition) is 3. The van der Waals surface area contributed by atoms with E-state index in [1.807, 2.05) is 0 Å². The molecule has 1 aromatic heterocycles. The van der Waals surface area contributed by atoms with Gasteiger partial charge in [0.2, 0.25) is 0 Å². The fourth-order valence-corrected chi connectivity index (χ4v) is 2.37. The molecule has 2 rings (SSSR count). The molecule has 0 unspecified atom stereocenters. The first-order valence-corrected chi connectivity index (χ1v) is 7.71. The standard InChI is InChI=1S/C15H21BrN4/c1-11(2)20-10-18-19-15(20)6-7-17-9-13-4-5-14(16)12(3)8-13/h4-5,8,10-11,17H,6-7,9H2,1-3H3. The average Bonchev–Trinajstić information content (AvgIpc) is 2.87. The van der Waals surface area contributed by atoms with Gasteiger partial charge in [-0.25, -0.2) is 0 Å². The number of halogens is 1. The number of nitrogens with one attached hydrogen (secondary N) is 1. The Hall–Kier alpha value is -1.20. The molecule has 0 spiro atoms. The maximum absolute atomic E-state index is 4.17. The lowest BCUT2D eigenvalue weighted by Crippen LogP contribution is -2.19. The molecule has 20 heavy (non-hydrogen) atoms. The summed E-state index contributed by atoms with van der Waals surface area (Å²) >= 11 is 3.52. The molecule has 0 fully saturated rings. The van der Waals surface area contributed by atoms with Crippen molar-refractivity contribution in [3.05, 3.63) is 46.0 Å². The zero-order chi connectivity index (χ0) is 14.5. The molecule has 2 aromatic rings. The fourth-order valence-electron chi connectivity index (χ4n) is 2.13. The van der Waals surface area contributed by atoms with Crippen LogP contribution in [0.15, 0.2) is 29.0 Å². The maximum Gasteiger partial charge on any atom is 0.134 e. The second-order valence-electron chi connectivity index (χ2n) is 5.26. The number of nitrogens with zero attached hydrogens (tertiary/aromatic N) is 3. The zero-order valence-corrected chi connectivity index (χ0v) is 13.8. The first kappa shape index (κ1) is 15.2. The third-order valence-electron chi connectivity index (χ3n) is 3.28. The highest BCUT2D eigenvalue weighted by molar-refractivity contribution is 9.10. The van der Waals surface area contributed by atoms with E-state index in [4.69, 9.17) is 0 Å². The van der Waals surface area contributed by atoms with Crippen molar-refractivity contribution in [1.82, 2.24) is 20.1 Å². The molecule has 1 N–H and O–H groups in total. The van der Waals surface area contributed by atoms with Crippen LogP contribution in [0, 0.1) is 6.92 Å². The summed E-state index contributed by atoms with van der Waals surface area (Å²) in [5.74, 6) is 1.04. The molecule has 0 atom stereocenters. The van der Waals surface area contributed by atoms with Crippen LogP contribution in [0.4, 0.5) is 0 Å². The molecule has 5 heteroatoms. The lowest BCUT2D eigenvalue weighted by molar-refractivity contribution is 0.555. The molecule has 1 aromatic carbocycles. The van der Waals surface area contributed by atoms with Crippen LogP contribution in [-0.4, -0.2) is 21.3 Å². The van der Waals surface area contributed by atoms with Crippen LogP contribution in [0.25, 0.3) is 0 Å². The number of hydrogen-bond donors (Lipinski definition) is 1. The van der Waals surface area contributed by atoms with Gasteiger partial charge in [-0.3, -0.25) is 0 Å². The van der Waals surface area contributed by atoms with Crippen LogP contribution in [-0.2, 0) is 13.0 Å². The Morgan fingerprint density at radius 1 is 1.35 bits per heavy atom. The van der Waals surface area contributed by atoms with Crippen LogP contribution < -0.4 is 5.32 Å². The van der Waals surface area contributed by atoms with E-state index in [0.717, 1.165) is 29.8 Å². The van der Waals surface area contributed by atoms with Crippen molar-refractivity contribution in [2.24, 2.45) is 0 Å². The number of rotatable bonds is 6. The fraction of sp³-hybridized carbons (Fsp3) is 0.467. The summed E-state index contributed by atoms with van der Waals surface area (Å²) in [5, 5.41) is 11.6. The molecule has 0 saturated carbocycles. The van der Waals surface area contributed by atoms with Crippen LogP contribution in [0.5, 0.6) is 0 Å². The minimum absolute atomic E-state index is 0.411. The van der Waals surface area contributed by atoms with E-state index in [1.54, 1.807) is 6.33 Å². The molecule has 108 valence electrons. The second kappa shape index (κ2) is 6.99. The molecular weight excluding hydrogens is 316 g/mol. The van der Waals surface area contributed by atoms with Gasteiger partial charge in [0.25, 0.3) is 0 Å². The summed E-state index contributed by atoms with van der Waals surface area (Å²) in [7, 11) is 0. The number of aryl methyl sites for hydroxylation is 1. The van der Waals surface area contributed by atoms with E-state index < -0.39 is 0 Å². The molecule has 0 saturated heterocycles. The molecular formula is C15H21BrN4. The minimum atomic E-state index is 0.411. The molecule has 0 aliphatic heterocycles. The van der Waals surface area contributed by atoms with E-state index in [1.165, 1.54) is 11.1 Å². The van der Waals surface area contributed by atoms with Gasteiger partial charge in [0.15, 0.2) is 0 Å². The van der Waals surface area contributed by atoms with Gasteiger partial charge in [-0.05, 0) is 38.0 Å². The highest BCUT2D eigenvalue weighted by Gasteiger charge is 2.06. The Morgan fingerprint density at radius 3 is 2.85 bits per heavy atom. The van der Waals surface area contributed by atoms with E-state index >= 15 is 0 Å². The Labute approximate surface area is 128 Å². The van der Waals surface area contributed by atoms with Gasteiger partial charge in [-0.15, -0.1) is 10.2 Å². The summed E-state index contributed by atoms with van der Waals surface area (Å²) < 4.78 is 3.28. The lowest BCUT2D eigenvalue weighted by atomic mass is 10.1. The van der Waals surface area contributed by atoms with E-state index in [9.17, 15) is 0 Å². The van der Waals surface area contributed by atoms with Crippen molar-refractivity contribution < 1.29 is 0 Å². The molecule has 4 nitrogen and oxygen atoms in total. The predicted octanol–water partition coefficient (Wildman–Crippen LogP) is 3.26. The van der Waals surface area contributed by atoms with Crippen molar-refractivity contribution in [1.29, 1.82) is 0 Å². The van der Waals surface area contributed by atoms with E-state index in [2.05, 4.69) is 75.0 Å². The molecule has 0 radical (unpaired) electrons. The summed E-state index contributed by atoms with van der Waals surface area (Å²) in [4.78, 5) is 0. The number of benzene rings is 1. The molecule has 0 bridgehead atoms. The SMILES string of the molecule is Cc1cc(CNCCc2nncn2C(C)C)ccc1Br. The Kier molecular flexibility index (Phi) is 5.31. The van der Waals surface area contributed by atoms with Crippen molar-refractivity contribution in [3.8, 4) is 0 Å². The van der Waals surface area contributed by atoms with E-state index in [-0.39, 0.29) is 0 Å². The molecule has 0 aliphatic rings. The van der Waals surface area contributed by atoms with Gasteiger partial charge in [0.05, 0.1) is 0 Å². The Bertz CT molecular complexity index is 563. The monoisotopic (exact) mass is 336 g/mol.